The van der Waals surface area contributed by atoms with Gasteiger partial charge in [0.25, 0.3) is 0 Å². The molecule has 6 nitrogen and oxygen atoms in total. The van der Waals surface area contributed by atoms with E-state index in [0.717, 1.165) is 68.1 Å². The van der Waals surface area contributed by atoms with Gasteiger partial charge >= 0.3 is 0 Å². The van der Waals surface area contributed by atoms with Crippen LogP contribution in [0.3, 0.4) is 0 Å². The number of rotatable bonds is 5. The Kier molecular flexibility index (Phi) is 4.98. The van der Waals surface area contributed by atoms with E-state index in [1.807, 2.05) is 0 Å². The summed E-state index contributed by atoms with van der Waals surface area (Å²) in [6.07, 6.45) is 6.54. The molecule has 31 heavy (non-hydrogen) atoms. The molecule has 2 fully saturated rings. The Labute approximate surface area is 178 Å². The van der Waals surface area contributed by atoms with Crippen LogP contribution in [0.25, 0.3) is 0 Å². The van der Waals surface area contributed by atoms with Gasteiger partial charge in [-0.25, -0.2) is 23.1 Å². The van der Waals surface area contributed by atoms with E-state index in [9.17, 15) is 18.0 Å². The molecular formula is C22H23F3N4O2. The van der Waals surface area contributed by atoms with E-state index in [-0.39, 0.29) is 23.8 Å². The summed E-state index contributed by atoms with van der Waals surface area (Å²) in [6, 6.07) is 1.63. The molecule has 2 aliphatic heterocycles. The summed E-state index contributed by atoms with van der Waals surface area (Å²) in [5.74, 6) is -1.88. The molecule has 0 bridgehead atoms. The molecule has 3 heterocycles. The number of fused-ring (bicyclic) bond motifs is 3. The zero-order chi connectivity index (χ0) is 21.7. The highest BCUT2D eigenvalue weighted by Crippen LogP contribution is 2.38. The first-order valence-corrected chi connectivity index (χ1v) is 10.6. The van der Waals surface area contributed by atoms with Gasteiger partial charge < -0.3 is 14.5 Å². The lowest BCUT2D eigenvalue weighted by molar-refractivity contribution is -0.119. The van der Waals surface area contributed by atoms with Gasteiger partial charge in [-0.1, -0.05) is 0 Å². The van der Waals surface area contributed by atoms with Crippen molar-refractivity contribution in [2.24, 2.45) is 5.92 Å². The fourth-order valence-electron chi connectivity index (χ4n) is 4.72. The second kappa shape index (κ2) is 7.69. The van der Waals surface area contributed by atoms with Gasteiger partial charge in [0, 0.05) is 32.1 Å². The number of anilines is 2. The van der Waals surface area contributed by atoms with Gasteiger partial charge in [-0.05, 0) is 38.0 Å². The Morgan fingerprint density at radius 3 is 2.68 bits per heavy atom. The first-order valence-electron chi connectivity index (χ1n) is 10.6. The minimum Gasteiger partial charge on any atom is -0.490 e. The van der Waals surface area contributed by atoms with Crippen LogP contribution in [0.5, 0.6) is 5.75 Å². The topological polar surface area (TPSA) is 58.6 Å². The molecule has 1 aliphatic carbocycles. The van der Waals surface area contributed by atoms with Crippen LogP contribution in [0, 0.1) is 23.4 Å². The van der Waals surface area contributed by atoms with Crippen LogP contribution in [0.2, 0.25) is 0 Å². The average molecular weight is 432 g/mol. The number of nitrogens with zero attached hydrogens (tertiary/aromatic N) is 4. The maximum atomic E-state index is 13.3. The van der Waals surface area contributed by atoms with Crippen molar-refractivity contribution in [2.45, 2.75) is 50.7 Å². The molecule has 1 saturated heterocycles. The number of likely N-dealkylation sites (N-methyl/N-ethyl adjacent to an activating group) is 1. The fourth-order valence-corrected chi connectivity index (χ4v) is 4.72. The summed E-state index contributed by atoms with van der Waals surface area (Å²) in [6.45, 7) is 0.833. The first-order chi connectivity index (χ1) is 14.9. The Bertz CT molecular complexity index is 1000. The predicted octanol–water partition coefficient (Wildman–Crippen LogP) is 3.63. The monoisotopic (exact) mass is 432 g/mol. The largest absolute Gasteiger partial charge is 0.490 e. The summed E-state index contributed by atoms with van der Waals surface area (Å²) in [7, 11) is 1.77. The maximum Gasteiger partial charge on any atom is 0.249 e. The highest BCUT2D eigenvalue weighted by atomic mass is 19.2. The number of carbonyl (C=O) groups is 1. The van der Waals surface area contributed by atoms with E-state index in [4.69, 9.17) is 9.72 Å². The van der Waals surface area contributed by atoms with E-state index in [2.05, 4.69) is 9.88 Å². The second-order valence-electron chi connectivity index (χ2n) is 8.56. The fraction of sp³-hybridized carbons (Fsp3) is 0.500. The number of carbonyl (C=O) groups excluding carboxylic acids is 1. The van der Waals surface area contributed by atoms with Gasteiger partial charge in [-0.15, -0.1) is 0 Å². The molecular weight excluding hydrogens is 409 g/mol. The number of aromatic nitrogens is 2. The van der Waals surface area contributed by atoms with Gasteiger partial charge in [-0.2, -0.15) is 0 Å². The van der Waals surface area contributed by atoms with E-state index in [1.165, 1.54) is 0 Å². The summed E-state index contributed by atoms with van der Waals surface area (Å²) in [5, 5.41) is 0. The highest BCUT2D eigenvalue weighted by molar-refractivity contribution is 6.04. The zero-order valence-corrected chi connectivity index (χ0v) is 17.2. The van der Waals surface area contributed by atoms with E-state index in [1.54, 1.807) is 18.1 Å². The number of aryl methyl sites for hydroxylation is 1. The van der Waals surface area contributed by atoms with Crippen molar-refractivity contribution in [3.05, 3.63) is 41.6 Å². The average Bonchev–Trinajstić information content (AvgIpc) is 3.22. The molecule has 0 unspecified atom stereocenters. The summed E-state index contributed by atoms with van der Waals surface area (Å²) < 4.78 is 45.2. The van der Waals surface area contributed by atoms with Crippen LogP contribution < -0.4 is 14.5 Å². The first kappa shape index (κ1) is 20.1. The molecule has 1 saturated carbocycles. The van der Waals surface area contributed by atoms with Crippen molar-refractivity contribution in [3.63, 3.8) is 0 Å². The maximum absolute atomic E-state index is 13.3. The van der Waals surface area contributed by atoms with Gasteiger partial charge in [-0.3, -0.25) is 4.79 Å². The SMILES string of the molecule is CN1C(=O)[C@@H]2CCCN2c2nc(CCC3CC(Oc4cc(F)c(F)c(F)c4)C3)ncc21. The highest BCUT2D eigenvalue weighted by Gasteiger charge is 2.40. The molecule has 3 aliphatic rings. The van der Waals surface area contributed by atoms with Crippen LogP contribution in [0.4, 0.5) is 24.7 Å². The molecule has 1 amide bonds. The van der Waals surface area contributed by atoms with Crippen molar-refractivity contribution < 1.29 is 22.7 Å². The summed E-state index contributed by atoms with van der Waals surface area (Å²) >= 11 is 0. The van der Waals surface area contributed by atoms with Crippen LogP contribution in [-0.4, -0.2) is 41.6 Å². The number of hydrogen-bond donors (Lipinski definition) is 0. The molecule has 164 valence electrons. The lowest BCUT2D eigenvalue weighted by Gasteiger charge is -2.37. The Morgan fingerprint density at radius 2 is 1.94 bits per heavy atom. The van der Waals surface area contributed by atoms with Crippen LogP contribution in [0.1, 0.15) is 37.9 Å². The van der Waals surface area contributed by atoms with Crippen molar-refractivity contribution in [1.82, 2.24) is 9.97 Å². The van der Waals surface area contributed by atoms with E-state index < -0.39 is 17.5 Å². The molecule has 1 aromatic heterocycles. The van der Waals surface area contributed by atoms with Crippen molar-refractivity contribution in [2.75, 3.05) is 23.4 Å². The minimum atomic E-state index is -1.49. The van der Waals surface area contributed by atoms with Crippen molar-refractivity contribution in [3.8, 4) is 5.75 Å². The minimum absolute atomic E-state index is 0.0108. The zero-order valence-electron chi connectivity index (χ0n) is 17.2. The van der Waals surface area contributed by atoms with Crippen LogP contribution in [-0.2, 0) is 11.2 Å². The van der Waals surface area contributed by atoms with Crippen molar-refractivity contribution >= 4 is 17.4 Å². The Morgan fingerprint density at radius 1 is 1.19 bits per heavy atom. The third-order valence-electron chi connectivity index (χ3n) is 6.53. The van der Waals surface area contributed by atoms with Crippen LogP contribution in [0.15, 0.2) is 18.3 Å². The molecule has 0 radical (unpaired) electrons. The molecule has 1 atom stereocenters. The molecule has 9 heteroatoms. The Balaban J connectivity index is 1.17. The third kappa shape index (κ3) is 3.59. The molecule has 0 N–H and O–H groups in total. The van der Waals surface area contributed by atoms with Gasteiger partial charge in [0.2, 0.25) is 5.91 Å². The molecule has 1 aromatic carbocycles. The van der Waals surface area contributed by atoms with Gasteiger partial charge in [0.05, 0.1) is 12.3 Å². The smallest absolute Gasteiger partial charge is 0.249 e. The quantitative estimate of drug-likeness (QED) is 0.676. The lowest BCUT2D eigenvalue weighted by atomic mass is 9.79. The number of benzene rings is 1. The summed E-state index contributed by atoms with van der Waals surface area (Å²) in [4.78, 5) is 25.4. The summed E-state index contributed by atoms with van der Waals surface area (Å²) in [5.41, 5.74) is 0.753. The normalized spacial score (nSPS) is 24.6. The second-order valence-corrected chi connectivity index (χ2v) is 8.56. The van der Waals surface area contributed by atoms with Crippen LogP contribution >= 0.6 is 0 Å². The standard InChI is InChI=1S/C22H23F3N4O2/c1-28-18-11-26-19(27-21(18)29-6-2-3-17(29)22(28)30)5-4-12-7-13(8-12)31-14-9-15(23)20(25)16(24)10-14/h9-13,17H,2-8H2,1H3/t12?,13?,17-/m0/s1. The molecule has 5 rings (SSSR count). The van der Waals surface area contributed by atoms with Crippen molar-refractivity contribution in [1.29, 1.82) is 0 Å². The van der Waals surface area contributed by atoms with E-state index >= 15 is 0 Å². The molecule has 0 spiro atoms. The number of amides is 1. The number of halogens is 3. The van der Waals surface area contributed by atoms with Gasteiger partial charge in [0.1, 0.15) is 23.3 Å². The third-order valence-corrected chi connectivity index (χ3v) is 6.53. The number of hydrogen-bond acceptors (Lipinski definition) is 5. The lowest BCUT2D eigenvalue weighted by Crippen LogP contribution is -2.49. The molecule has 2 aromatic rings. The number of ether oxygens (including phenoxy) is 1. The predicted molar refractivity (Wildman–Crippen MR) is 108 cm³/mol. The van der Waals surface area contributed by atoms with E-state index in [0.29, 0.717) is 12.3 Å². The Hall–Kier alpha value is -2.84. The van der Waals surface area contributed by atoms with Gasteiger partial charge in [0.15, 0.2) is 23.3 Å².